The van der Waals surface area contributed by atoms with Gasteiger partial charge in [0.25, 0.3) is 0 Å². The van der Waals surface area contributed by atoms with E-state index in [1.165, 1.54) is 0 Å². The van der Waals surface area contributed by atoms with E-state index in [0.717, 1.165) is 42.4 Å². The molecule has 2 N–H and O–H groups in total. The summed E-state index contributed by atoms with van der Waals surface area (Å²) in [6.07, 6.45) is 3.09. The average molecular weight is 340 g/mol. The standard InChI is InChI=1S/C15H18BrNO3/c16-11-2-1-3-12(8-11)17-9-15-6-4-14(5-7-15,10-20-15)13(18)19/h1-3,8,17H,4-7,9-10H2,(H,18,19). The molecule has 1 saturated carbocycles. The summed E-state index contributed by atoms with van der Waals surface area (Å²) >= 11 is 3.45. The minimum atomic E-state index is -0.703. The Morgan fingerprint density at radius 2 is 2.10 bits per heavy atom. The summed E-state index contributed by atoms with van der Waals surface area (Å²) in [6, 6.07) is 8.03. The molecule has 20 heavy (non-hydrogen) atoms. The molecule has 4 nitrogen and oxygen atoms in total. The summed E-state index contributed by atoms with van der Waals surface area (Å²) < 4.78 is 6.97. The van der Waals surface area contributed by atoms with Crippen LogP contribution in [0.1, 0.15) is 25.7 Å². The van der Waals surface area contributed by atoms with Gasteiger partial charge in [0.2, 0.25) is 0 Å². The van der Waals surface area contributed by atoms with Gasteiger partial charge in [0.05, 0.1) is 17.6 Å². The molecule has 0 unspecified atom stereocenters. The minimum Gasteiger partial charge on any atom is -0.481 e. The Bertz CT molecular complexity index is 507. The molecule has 2 bridgehead atoms. The van der Waals surface area contributed by atoms with E-state index in [-0.39, 0.29) is 5.60 Å². The predicted octanol–water partition coefficient (Wildman–Crippen LogP) is 3.28. The molecule has 0 radical (unpaired) electrons. The van der Waals surface area contributed by atoms with Crippen molar-refractivity contribution in [3.63, 3.8) is 0 Å². The number of hydrogen-bond acceptors (Lipinski definition) is 3. The summed E-state index contributed by atoms with van der Waals surface area (Å²) in [5.74, 6) is -0.703. The van der Waals surface area contributed by atoms with Crippen LogP contribution in [0.4, 0.5) is 5.69 Å². The van der Waals surface area contributed by atoms with E-state index < -0.39 is 11.4 Å². The highest BCUT2D eigenvalue weighted by molar-refractivity contribution is 9.10. The first-order valence-electron chi connectivity index (χ1n) is 6.91. The summed E-state index contributed by atoms with van der Waals surface area (Å²) in [5.41, 5.74) is 0.231. The Kier molecular flexibility index (Phi) is 3.50. The molecule has 3 fully saturated rings. The molecule has 2 saturated heterocycles. The van der Waals surface area contributed by atoms with Gasteiger partial charge in [-0.15, -0.1) is 0 Å². The van der Waals surface area contributed by atoms with Crippen LogP contribution in [-0.2, 0) is 9.53 Å². The fourth-order valence-electron chi connectivity index (χ4n) is 3.13. The van der Waals surface area contributed by atoms with Crippen molar-refractivity contribution >= 4 is 27.6 Å². The van der Waals surface area contributed by atoms with Gasteiger partial charge in [-0.05, 0) is 43.9 Å². The van der Waals surface area contributed by atoms with E-state index in [4.69, 9.17) is 4.74 Å². The first kappa shape index (κ1) is 13.9. The molecule has 0 atom stereocenters. The number of carboxylic acids is 1. The van der Waals surface area contributed by atoms with Gasteiger partial charge in [-0.2, -0.15) is 0 Å². The number of rotatable bonds is 4. The molecule has 4 rings (SSSR count). The van der Waals surface area contributed by atoms with Gasteiger partial charge < -0.3 is 15.2 Å². The van der Waals surface area contributed by atoms with Crippen molar-refractivity contribution in [3.05, 3.63) is 28.7 Å². The van der Waals surface area contributed by atoms with Crippen molar-refractivity contribution < 1.29 is 14.6 Å². The van der Waals surface area contributed by atoms with Gasteiger partial charge in [0.1, 0.15) is 0 Å². The zero-order chi connectivity index (χ0) is 14.2. The zero-order valence-corrected chi connectivity index (χ0v) is 12.8. The molecule has 0 aromatic heterocycles. The number of benzene rings is 1. The third-order valence-electron chi connectivity index (χ3n) is 4.67. The Labute approximate surface area is 126 Å². The maximum absolute atomic E-state index is 11.4. The van der Waals surface area contributed by atoms with Crippen LogP contribution in [0.25, 0.3) is 0 Å². The number of aliphatic carboxylic acids is 1. The normalized spacial score (nSPS) is 32.0. The highest BCUT2D eigenvalue weighted by Crippen LogP contribution is 2.49. The van der Waals surface area contributed by atoms with Crippen LogP contribution in [0.3, 0.4) is 0 Å². The Hall–Kier alpha value is -1.07. The second kappa shape index (κ2) is 5.04. The van der Waals surface area contributed by atoms with Gasteiger partial charge in [-0.3, -0.25) is 4.79 Å². The largest absolute Gasteiger partial charge is 0.481 e. The van der Waals surface area contributed by atoms with Gasteiger partial charge in [0.15, 0.2) is 0 Å². The van der Waals surface area contributed by atoms with Crippen molar-refractivity contribution in [2.24, 2.45) is 5.41 Å². The topological polar surface area (TPSA) is 58.6 Å². The predicted molar refractivity (Wildman–Crippen MR) is 79.9 cm³/mol. The van der Waals surface area contributed by atoms with Crippen LogP contribution < -0.4 is 5.32 Å². The fraction of sp³-hybridized carbons (Fsp3) is 0.533. The summed E-state index contributed by atoms with van der Waals surface area (Å²) in [5, 5.41) is 12.7. The van der Waals surface area contributed by atoms with Crippen LogP contribution in [0.15, 0.2) is 28.7 Å². The molecule has 108 valence electrons. The summed E-state index contributed by atoms with van der Waals surface area (Å²) in [7, 11) is 0. The van der Waals surface area contributed by atoms with E-state index in [1.807, 2.05) is 24.3 Å². The highest BCUT2D eigenvalue weighted by Gasteiger charge is 2.53. The Balaban J connectivity index is 1.64. The molecule has 2 aliphatic heterocycles. The first-order chi connectivity index (χ1) is 9.54. The number of fused-ring (bicyclic) bond motifs is 3. The number of halogens is 1. The van der Waals surface area contributed by atoms with Crippen LogP contribution in [0.2, 0.25) is 0 Å². The third-order valence-corrected chi connectivity index (χ3v) is 5.16. The number of nitrogens with one attached hydrogen (secondary N) is 1. The van der Waals surface area contributed by atoms with Gasteiger partial charge in [0, 0.05) is 16.7 Å². The maximum atomic E-state index is 11.4. The Morgan fingerprint density at radius 3 is 2.65 bits per heavy atom. The van der Waals surface area contributed by atoms with Crippen LogP contribution in [-0.4, -0.2) is 29.8 Å². The molecular formula is C15H18BrNO3. The average Bonchev–Trinajstić information content (AvgIpc) is 2.47. The fourth-order valence-corrected chi connectivity index (χ4v) is 3.53. The lowest BCUT2D eigenvalue weighted by Crippen LogP contribution is -2.56. The molecule has 5 heteroatoms. The second-order valence-corrected chi connectivity index (χ2v) is 6.84. The van der Waals surface area contributed by atoms with Crippen molar-refractivity contribution in [1.82, 2.24) is 0 Å². The molecule has 1 aliphatic carbocycles. The van der Waals surface area contributed by atoms with Gasteiger partial charge in [-0.1, -0.05) is 22.0 Å². The van der Waals surface area contributed by atoms with E-state index in [0.29, 0.717) is 6.61 Å². The number of hydrogen-bond donors (Lipinski definition) is 2. The molecule has 0 spiro atoms. The number of carbonyl (C=O) groups is 1. The monoisotopic (exact) mass is 339 g/mol. The molecule has 0 amide bonds. The Morgan fingerprint density at radius 1 is 1.35 bits per heavy atom. The minimum absolute atomic E-state index is 0.195. The van der Waals surface area contributed by atoms with E-state index in [1.54, 1.807) is 0 Å². The number of anilines is 1. The van der Waals surface area contributed by atoms with E-state index in [2.05, 4.69) is 21.2 Å². The number of carboxylic acid groups (broad SMARTS) is 1. The lowest BCUT2D eigenvalue weighted by molar-refractivity contribution is -0.197. The van der Waals surface area contributed by atoms with Gasteiger partial charge in [-0.25, -0.2) is 0 Å². The quantitative estimate of drug-likeness (QED) is 0.883. The molecule has 2 heterocycles. The molecule has 3 aliphatic rings. The smallest absolute Gasteiger partial charge is 0.311 e. The first-order valence-corrected chi connectivity index (χ1v) is 7.70. The van der Waals surface area contributed by atoms with Crippen molar-refractivity contribution in [2.45, 2.75) is 31.3 Å². The van der Waals surface area contributed by atoms with Crippen LogP contribution >= 0.6 is 15.9 Å². The number of ether oxygens (including phenoxy) is 1. The summed E-state index contributed by atoms with van der Waals surface area (Å²) in [4.78, 5) is 11.4. The summed E-state index contributed by atoms with van der Waals surface area (Å²) in [6.45, 7) is 1.08. The van der Waals surface area contributed by atoms with E-state index >= 15 is 0 Å². The van der Waals surface area contributed by atoms with Crippen molar-refractivity contribution in [3.8, 4) is 0 Å². The van der Waals surface area contributed by atoms with Gasteiger partial charge >= 0.3 is 5.97 Å². The SMILES string of the molecule is O=C(O)C12CCC(CNc3cccc(Br)c3)(CC1)OC2. The lowest BCUT2D eigenvalue weighted by atomic mass is 9.66. The van der Waals surface area contributed by atoms with Crippen molar-refractivity contribution in [1.29, 1.82) is 0 Å². The van der Waals surface area contributed by atoms with E-state index in [9.17, 15) is 9.90 Å². The lowest BCUT2D eigenvalue weighted by Gasteiger charge is -2.51. The van der Waals surface area contributed by atoms with Crippen LogP contribution in [0, 0.1) is 5.41 Å². The molecule has 1 aromatic carbocycles. The van der Waals surface area contributed by atoms with Crippen molar-refractivity contribution in [2.75, 3.05) is 18.5 Å². The van der Waals surface area contributed by atoms with Crippen LogP contribution in [0.5, 0.6) is 0 Å². The maximum Gasteiger partial charge on any atom is 0.311 e. The second-order valence-electron chi connectivity index (χ2n) is 5.92. The molecular weight excluding hydrogens is 322 g/mol. The third kappa shape index (κ3) is 2.44. The highest BCUT2D eigenvalue weighted by atomic mass is 79.9. The molecule has 1 aromatic rings. The zero-order valence-electron chi connectivity index (χ0n) is 11.2.